The third-order valence-electron chi connectivity index (χ3n) is 6.17. The largest absolute Gasteiger partial charge is 0.487 e. The zero-order chi connectivity index (χ0) is 28.3. The first-order valence-electron chi connectivity index (χ1n) is 12.4. The van der Waals surface area contributed by atoms with Gasteiger partial charge in [-0.25, -0.2) is 4.68 Å². The van der Waals surface area contributed by atoms with E-state index >= 15 is 0 Å². The van der Waals surface area contributed by atoms with Gasteiger partial charge >= 0.3 is 5.69 Å². The lowest BCUT2D eigenvalue weighted by Gasteiger charge is -2.28. The smallest absolute Gasteiger partial charge is 0.311 e. The van der Waals surface area contributed by atoms with Crippen LogP contribution >= 0.6 is 0 Å². The Morgan fingerprint density at radius 1 is 1.15 bits per heavy atom. The Bertz CT molecular complexity index is 1560. The number of rotatable bonds is 8. The predicted octanol–water partition coefficient (Wildman–Crippen LogP) is 5.09. The molecule has 0 bridgehead atoms. The van der Waals surface area contributed by atoms with Crippen molar-refractivity contribution >= 4 is 23.6 Å². The summed E-state index contributed by atoms with van der Waals surface area (Å²) in [5.41, 5.74) is 2.17. The minimum absolute atomic E-state index is 0.00158. The zero-order valence-corrected chi connectivity index (χ0v) is 22.0. The number of hydrogen-bond acceptors (Lipinski definition) is 7. The van der Waals surface area contributed by atoms with Crippen molar-refractivity contribution in [1.82, 2.24) is 14.7 Å². The van der Waals surface area contributed by atoms with E-state index in [-0.39, 0.29) is 47.2 Å². The first kappa shape index (κ1) is 27.0. The lowest BCUT2D eigenvalue weighted by atomic mass is 9.92. The third-order valence-corrected chi connectivity index (χ3v) is 6.17. The van der Waals surface area contributed by atoms with E-state index < -0.39 is 16.7 Å². The van der Waals surface area contributed by atoms with E-state index in [2.05, 4.69) is 0 Å². The van der Waals surface area contributed by atoms with Gasteiger partial charge in [-0.1, -0.05) is 32.0 Å². The van der Waals surface area contributed by atoms with Crippen molar-refractivity contribution in [2.75, 3.05) is 13.2 Å². The second-order valence-corrected chi connectivity index (χ2v) is 9.37. The number of amides is 2. The van der Waals surface area contributed by atoms with Crippen LogP contribution in [0.1, 0.15) is 33.3 Å². The minimum atomic E-state index is -0.617. The molecule has 0 saturated carbocycles. The fourth-order valence-electron chi connectivity index (χ4n) is 4.33. The first-order valence-corrected chi connectivity index (χ1v) is 12.4. The molecule has 4 rings (SSSR count). The summed E-state index contributed by atoms with van der Waals surface area (Å²) < 4.78 is 7.03. The average Bonchev–Trinajstić information content (AvgIpc) is 3.34. The highest BCUT2D eigenvalue weighted by Crippen LogP contribution is 2.35. The number of benzene rings is 2. The maximum Gasteiger partial charge on any atom is 0.311 e. The Balaban J connectivity index is 1.95. The van der Waals surface area contributed by atoms with Crippen molar-refractivity contribution in [2.24, 2.45) is 5.92 Å². The molecule has 0 fully saturated rings. The standard InChI is InChI=1S/C29H27N5O5/c1-5-39-26-12-11-20(14-25(26)34(37)38)27-21(17-33(31-27)22-9-7-6-8-10-22)13-23-19(4)24(15-30)29(36)32(28(23)35)16-18(2)3/h6-14,17-18H,5,16H2,1-4H3/b23-13+. The van der Waals surface area contributed by atoms with Gasteiger partial charge in [0.15, 0.2) is 5.75 Å². The van der Waals surface area contributed by atoms with Crippen molar-refractivity contribution in [3.63, 3.8) is 0 Å². The molecule has 0 unspecified atom stereocenters. The van der Waals surface area contributed by atoms with Crippen LogP contribution in [0, 0.1) is 27.4 Å². The van der Waals surface area contributed by atoms with Crippen LogP contribution in [-0.2, 0) is 9.59 Å². The molecule has 3 aromatic rings. The fourth-order valence-corrected chi connectivity index (χ4v) is 4.33. The molecule has 198 valence electrons. The van der Waals surface area contributed by atoms with Crippen LogP contribution in [0.5, 0.6) is 5.75 Å². The highest BCUT2D eigenvalue weighted by atomic mass is 16.6. The van der Waals surface area contributed by atoms with Crippen molar-refractivity contribution in [3.05, 3.63) is 87.1 Å². The van der Waals surface area contributed by atoms with Gasteiger partial charge in [-0.3, -0.25) is 24.6 Å². The Kier molecular flexibility index (Phi) is 7.72. The summed E-state index contributed by atoms with van der Waals surface area (Å²) in [6, 6.07) is 15.8. The van der Waals surface area contributed by atoms with Crippen LogP contribution in [0.3, 0.4) is 0 Å². The van der Waals surface area contributed by atoms with E-state index in [9.17, 15) is 25.0 Å². The highest BCUT2D eigenvalue weighted by Gasteiger charge is 2.36. The molecule has 10 nitrogen and oxygen atoms in total. The van der Waals surface area contributed by atoms with Crippen LogP contribution < -0.4 is 4.74 Å². The summed E-state index contributed by atoms with van der Waals surface area (Å²) in [7, 11) is 0. The number of para-hydroxylation sites is 1. The maximum atomic E-state index is 13.5. The van der Waals surface area contributed by atoms with Gasteiger partial charge in [-0.15, -0.1) is 0 Å². The molecule has 0 spiro atoms. The molecule has 10 heteroatoms. The van der Waals surface area contributed by atoms with E-state index in [1.165, 1.54) is 12.1 Å². The summed E-state index contributed by atoms with van der Waals surface area (Å²) in [6.45, 7) is 7.48. The molecule has 0 N–H and O–H groups in total. The Morgan fingerprint density at radius 3 is 2.49 bits per heavy atom. The monoisotopic (exact) mass is 525 g/mol. The molecule has 0 radical (unpaired) electrons. The molecule has 2 aromatic carbocycles. The molecular weight excluding hydrogens is 498 g/mol. The zero-order valence-electron chi connectivity index (χ0n) is 22.0. The summed E-state index contributed by atoms with van der Waals surface area (Å²) in [5.74, 6) is -0.996. The molecule has 2 amide bonds. The Hall–Kier alpha value is -5.04. The van der Waals surface area contributed by atoms with Crippen LogP contribution in [0.4, 0.5) is 5.69 Å². The van der Waals surface area contributed by atoms with Gasteiger partial charge in [0.25, 0.3) is 11.8 Å². The first-order chi connectivity index (χ1) is 18.7. The van der Waals surface area contributed by atoms with Crippen LogP contribution in [0.2, 0.25) is 0 Å². The minimum Gasteiger partial charge on any atom is -0.487 e. The molecule has 1 aliphatic rings. The average molecular weight is 526 g/mol. The second kappa shape index (κ2) is 11.1. The molecule has 0 atom stereocenters. The van der Waals surface area contributed by atoms with E-state index in [1.54, 1.807) is 36.9 Å². The topological polar surface area (TPSA) is 131 Å². The van der Waals surface area contributed by atoms with Gasteiger partial charge in [0.05, 0.1) is 17.2 Å². The predicted molar refractivity (Wildman–Crippen MR) is 145 cm³/mol. The van der Waals surface area contributed by atoms with Crippen LogP contribution in [0.15, 0.2) is 71.4 Å². The van der Waals surface area contributed by atoms with E-state index in [0.29, 0.717) is 16.8 Å². The van der Waals surface area contributed by atoms with E-state index in [4.69, 9.17) is 9.84 Å². The quantitative estimate of drug-likeness (QED) is 0.173. The summed E-state index contributed by atoms with van der Waals surface area (Å²) in [6.07, 6.45) is 3.29. The molecule has 0 saturated heterocycles. The molecular formula is C29H27N5O5. The van der Waals surface area contributed by atoms with Gasteiger partial charge in [0, 0.05) is 35.5 Å². The Labute approximate surface area is 225 Å². The van der Waals surface area contributed by atoms with Gasteiger partial charge in [0.2, 0.25) is 0 Å². The molecule has 1 aliphatic heterocycles. The number of nitro groups is 1. The number of imide groups is 1. The number of hydrogen-bond donors (Lipinski definition) is 0. The summed E-state index contributed by atoms with van der Waals surface area (Å²) in [4.78, 5) is 38.7. The number of carbonyl (C=O) groups is 2. The van der Waals surface area contributed by atoms with Crippen molar-refractivity contribution < 1.29 is 19.2 Å². The van der Waals surface area contributed by atoms with Gasteiger partial charge in [-0.05, 0) is 55.7 Å². The maximum absolute atomic E-state index is 13.5. The SMILES string of the molecule is CCOc1ccc(-c2nn(-c3ccccc3)cc2/C=C2/C(=O)N(CC(C)C)C(=O)C(C#N)=C2C)cc1[N+](=O)[O-]. The van der Waals surface area contributed by atoms with Crippen molar-refractivity contribution in [2.45, 2.75) is 27.7 Å². The lowest BCUT2D eigenvalue weighted by molar-refractivity contribution is -0.385. The van der Waals surface area contributed by atoms with Crippen molar-refractivity contribution in [1.29, 1.82) is 5.26 Å². The molecule has 2 heterocycles. The lowest BCUT2D eigenvalue weighted by Crippen LogP contribution is -2.44. The fraction of sp³-hybridized carbons (Fsp3) is 0.241. The van der Waals surface area contributed by atoms with Crippen LogP contribution in [0.25, 0.3) is 23.0 Å². The molecule has 0 aliphatic carbocycles. The number of ether oxygens (including phenoxy) is 1. The van der Waals surface area contributed by atoms with Crippen molar-refractivity contribution in [3.8, 4) is 28.8 Å². The number of carbonyl (C=O) groups excluding carboxylic acids is 2. The van der Waals surface area contributed by atoms with Gasteiger partial charge < -0.3 is 4.74 Å². The Morgan fingerprint density at radius 2 is 1.87 bits per heavy atom. The molecule has 1 aromatic heterocycles. The number of aromatic nitrogens is 2. The number of nitrogens with zero attached hydrogens (tertiary/aromatic N) is 5. The summed E-state index contributed by atoms with van der Waals surface area (Å²) in [5, 5.41) is 26.2. The second-order valence-electron chi connectivity index (χ2n) is 9.37. The number of nitriles is 1. The number of nitro benzene ring substituents is 1. The van der Waals surface area contributed by atoms with Gasteiger partial charge in [-0.2, -0.15) is 10.4 Å². The molecule has 39 heavy (non-hydrogen) atoms. The van der Waals surface area contributed by atoms with E-state index in [0.717, 1.165) is 10.6 Å². The third kappa shape index (κ3) is 5.33. The van der Waals surface area contributed by atoms with Gasteiger partial charge in [0.1, 0.15) is 17.3 Å². The normalized spacial score (nSPS) is 14.8. The van der Waals surface area contributed by atoms with E-state index in [1.807, 2.05) is 50.2 Å². The highest BCUT2D eigenvalue weighted by molar-refractivity contribution is 6.19. The van der Waals surface area contributed by atoms with Crippen LogP contribution in [-0.4, -0.2) is 44.6 Å². The summed E-state index contributed by atoms with van der Waals surface area (Å²) >= 11 is 0.